The van der Waals surface area contributed by atoms with Gasteiger partial charge < -0.3 is 19.3 Å². The lowest BCUT2D eigenvalue weighted by Gasteiger charge is -2.18. The highest BCUT2D eigenvalue weighted by atomic mass is 16.5. The fraction of sp³-hybridized carbons (Fsp3) is 0.286. The van der Waals surface area contributed by atoms with Crippen LogP contribution in [0.1, 0.15) is 17.4 Å². The third-order valence-electron chi connectivity index (χ3n) is 2.89. The zero-order chi connectivity index (χ0) is 14.5. The number of ether oxygens (including phenoxy) is 3. The number of aliphatic hydroxyl groups is 1. The second-order valence-electron chi connectivity index (χ2n) is 3.96. The number of hydrogen-bond acceptors (Lipinski definition) is 6. The van der Waals surface area contributed by atoms with Crippen molar-refractivity contribution in [3.63, 3.8) is 0 Å². The van der Waals surface area contributed by atoms with Gasteiger partial charge in [-0.2, -0.15) is 0 Å². The van der Waals surface area contributed by atoms with E-state index < -0.39 is 6.10 Å². The predicted molar refractivity (Wildman–Crippen MR) is 72.2 cm³/mol. The average molecular weight is 276 g/mol. The molecular weight excluding hydrogens is 260 g/mol. The van der Waals surface area contributed by atoms with Gasteiger partial charge in [0.25, 0.3) is 0 Å². The minimum absolute atomic E-state index is 0.407. The molecule has 0 aliphatic heterocycles. The molecule has 1 aromatic carbocycles. The van der Waals surface area contributed by atoms with Gasteiger partial charge in [-0.3, -0.25) is 9.97 Å². The standard InChI is InChI=1S/C14H16N2O4/c1-18-11-5-4-9(13(19-2)14(11)20-3)12(17)10-8-15-6-7-16-10/h4-8,12,17H,1-3H3. The van der Waals surface area contributed by atoms with Gasteiger partial charge in [0.1, 0.15) is 6.10 Å². The first-order valence-electron chi connectivity index (χ1n) is 5.95. The van der Waals surface area contributed by atoms with Crippen LogP contribution in [0.4, 0.5) is 0 Å². The Morgan fingerprint density at radius 3 is 2.30 bits per heavy atom. The molecular formula is C14H16N2O4. The molecule has 0 radical (unpaired) electrons. The summed E-state index contributed by atoms with van der Waals surface area (Å²) in [5.74, 6) is 1.36. The van der Waals surface area contributed by atoms with Crippen molar-refractivity contribution in [2.24, 2.45) is 0 Å². The molecule has 106 valence electrons. The Labute approximate surface area is 117 Å². The molecule has 2 aromatic rings. The Morgan fingerprint density at radius 1 is 1.00 bits per heavy atom. The maximum Gasteiger partial charge on any atom is 0.203 e. The lowest BCUT2D eigenvalue weighted by Crippen LogP contribution is -2.06. The summed E-state index contributed by atoms with van der Waals surface area (Å²) in [6, 6.07) is 3.41. The average Bonchev–Trinajstić information content (AvgIpc) is 2.53. The summed E-state index contributed by atoms with van der Waals surface area (Å²) < 4.78 is 15.8. The smallest absolute Gasteiger partial charge is 0.203 e. The van der Waals surface area contributed by atoms with Gasteiger partial charge in [0, 0.05) is 18.0 Å². The Bertz CT molecular complexity index is 575. The first-order chi connectivity index (χ1) is 9.72. The van der Waals surface area contributed by atoms with E-state index in [1.165, 1.54) is 33.7 Å². The molecule has 0 bridgehead atoms. The van der Waals surface area contributed by atoms with Crippen molar-refractivity contribution in [2.75, 3.05) is 21.3 Å². The summed E-state index contributed by atoms with van der Waals surface area (Å²) in [5, 5.41) is 10.4. The van der Waals surface area contributed by atoms with Gasteiger partial charge >= 0.3 is 0 Å². The third-order valence-corrected chi connectivity index (χ3v) is 2.89. The van der Waals surface area contributed by atoms with E-state index in [0.29, 0.717) is 28.5 Å². The molecule has 1 aromatic heterocycles. The third kappa shape index (κ3) is 2.50. The van der Waals surface area contributed by atoms with Crippen molar-refractivity contribution in [2.45, 2.75) is 6.10 Å². The number of methoxy groups -OCH3 is 3. The highest BCUT2D eigenvalue weighted by molar-refractivity contribution is 5.57. The molecule has 2 rings (SSSR count). The van der Waals surface area contributed by atoms with Crippen LogP contribution < -0.4 is 14.2 Å². The van der Waals surface area contributed by atoms with Gasteiger partial charge in [-0.05, 0) is 12.1 Å². The summed E-state index contributed by atoms with van der Waals surface area (Å²) >= 11 is 0. The molecule has 0 saturated heterocycles. The van der Waals surface area contributed by atoms with Crippen LogP contribution in [0.5, 0.6) is 17.2 Å². The van der Waals surface area contributed by atoms with Crippen LogP contribution in [-0.4, -0.2) is 36.4 Å². The van der Waals surface area contributed by atoms with Crippen LogP contribution in [0.3, 0.4) is 0 Å². The summed E-state index contributed by atoms with van der Waals surface area (Å²) in [7, 11) is 4.55. The first-order valence-corrected chi connectivity index (χ1v) is 5.95. The van der Waals surface area contributed by atoms with Crippen LogP contribution in [-0.2, 0) is 0 Å². The molecule has 1 heterocycles. The molecule has 0 spiro atoms. The molecule has 20 heavy (non-hydrogen) atoms. The number of hydrogen-bond donors (Lipinski definition) is 1. The Hall–Kier alpha value is -2.34. The molecule has 1 N–H and O–H groups in total. The number of benzene rings is 1. The molecule has 1 atom stereocenters. The zero-order valence-electron chi connectivity index (χ0n) is 11.5. The minimum atomic E-state index is -0.960. The van der Waals surface area contributed by atoms with Crippen molar-refractivity contribution in [3.05, 3.63) is 42.0 Å². The molecule has 0 aliphatic rings. The van der Waals surface area contributed by atoms with Gasteiger partial charge in [-0.25, -0.2) is 0 Å². The van der Waals surface area contributed by atoms with Crippen LogP contribution in [0, 0.1) is 0 Å². The largest absolute Gasteiger partial charge is 0.493 e. The summed E-state index contributed by atoms with van der Waals surface area (Å²) in [4.78, 5) is 8.03. The maximum atomic E-state index is 10.4. The quantitative estimate of drug-likeness (QED) is 0.894. The fourth-order valence-corrected chi connectivity index (χ4v) is 1.95. The molecule has 0 fully saturated rings. The molecule has 0 aliphatic carbocycles. The SMILES string of the molecule is COc1ccc(C(O)c2cnccn2)c(OC)c1OC. The maximum absolute atomic E-state index is 10.4. The second kappa shape index (κ2) is 6.21. The van der Waals surface area contributed by atoms with Gasteiger partial charge in [0.05, 0.1) is 33.2 Å². The molecule has 1 unspecified atom stereocenters. The van der Waals surface area contributed by atoms with Gasteiger partial charge in [0.2, 0.25) is 5.75 Å². The van der Waals surface area contributed by atoms with E-state index in [2.05, 4.69) is 9.97 Å². The minimum Gasteiger partial charge on any atom is -0.493 e. The molecule has 6 heteroatoms. The first kappa shape index (κ1) is 14.1. The van der Waals surface area contributed by atoms with E-state index in [4.69, 9.17) is 14.2 Å². The van der Waals surface area contributed by atoms with Crippen molar-refractivity contribution < 1.29 is 19.3 Å². The predicted octanol–water partition coefficient (Wildman–Crippen LogP) is 1.58. The summed E-state index contributed by atoms with van der Waals surface area (Å²) in [6.45, 7) is 0. The van der Waals surface area contributed by atoms with Crippen LogP contribution in [0.2, 0.25) is 0 Å². The number of rotatable bonds is 5. The molecule has 6 nitrogen and oxygen atoms in total. The molecule has 0 saturated carbocycles. The van der Waals surface area contributed by atoms with Crippen molar-refractivity contribution >= 4 is 0 Å². The van der Waals surface area contributed by atoms with Gasteiger partial charge in [0.15, 0.2) is 11.5 Å². The van der Waals surface area contributed by atoms with Crippen molar-refractivity contribution in [1.29, 1.82) is 0 Å². The lowest BCUT2D eigenvalue weighted by atomic mass is 10.0. The number of aromatic nitrogens is 2. The van der Waals surface area contributed by atoms with Crippen LogP contribution in [0.15, 0.2) is 30.7 Å². The Kier molecular flexibility index (Phi) is 4.37. The Balaban J connectivity index is 2.51. The summed E-state index contributed by atoms with van der Waals surface area (Å²) in [5.41, 5.74) is 0.962. The number of nitrogens with zero attached hydrogens (tertiary/aromatic N) is 2. The highest BCUT2D eigenvalue weighted by Gasteiger charge is 2.22. The second-order valence-corrected chi connectivity index (χ2v) is 3.96. The van der Waals surface area contributed by atoms with E-state index in [1.807, 2.05) is 0 Å². The fourth-order valence-electron chi connectivity index (χ4n) is 1.95. The Morgan fingerprint density at radius 2 is 1.75 bits per heavy atom. The van der Waals surface area contributed by atoms with E-state index in [-0.39, 0.29) is 0 Å². The van der Waals surface area contributed by atoms with E-state index in [1.54, 1.807) is 18.3 Å². The van der Waals surface area contributed by atoms with E-state index in [9.17, 15) is 5.11 Å². The lowest BCUT2D eigenvalue weighted by molar-refractivity contribution is 0.207. The van der Waals surface area contributed by atoms with E-state index in [0.717, 1.165) is 0 Å². The normalized spacial score (nSPS) is 11.8. The van der Waals surface area contributed by atoms with Crippen molar-refractivity contribution in [1.82, 2.24) is 9.97 Å². The van der Waals surface area contributed by atoms with Gasteiger partial charge in [-0.15, -0.1) is 0 Å². The van der Waals surface area contributed by atoms with Gasteiger partial charge in [-0.1, -0.05) is 0 Å². The monoisotopic (exact) mass is 276 g/mol. The van der Waals surface area contributed by atoms with Crippen LogP contribution in [0.25, 0.3) is 0 Å². The zero-order valence-corrected chi connectivity index (χ0v) is 11.5. The topological polar surface area (TPSA) is 73.7 Å². The summed E-state index contributed by atoms with van der Waals surface area (Å²) in [6.07, 6.45) is 3.60. The van der Waals surface area contributed by atoms with Crippen molar-refractivity contribution in [3.8, 4) is 17.2 Å². The van der Waals surface area contributed by atoms with Crippen LogP contribution >= 0.6 is 0 Å². The highest BCUT2D eigenvalue weighted by Crippen LogP contribution is 2.42. The van der Waals surface area contributed by atoms with E-state index >= 15 is 0 Å². The molecule has 0 amide bonds. The number of aliphatic hydroxyl groups excluding tert-OH is 1.